The van der Waals surface area contributed by atoms with Gasteiger partial charge in [-0.2, -0.15) is 0 Å². The quantitative estimate of drug-likeness (QED) is 0.486. The molecule has 1 heterocycles. The first kappa shape index (κ1) is 20.5. The summed E-state index contributed by atoms with van der Waals surface area (Å²) in [5, 5.41) is 8.73. The molecule has 0 unspecified atom stereocenters. The van der Waals surface area contributed by atoms with E-state index >= 15 is 0 Å². The van der Waals surface area contributed by atoms with E-state index in [-0.39, 0.29) is 21.6 Å². The molecule has 10 heteroatoms. The topological polar surface area (TPSA) is 91.5 Å². The SMILES string of the molecule is COc1cc(OC)cc(-c2nnc(SCCS(=O)(=O)c3ccc(Cl)cc3)o2)c1. The van der Waals surface area contributed by atoms with Crippen molar-refractivity contribution in [3.05, 3.63) is 47.5 Å². The molecule has 0 aliphatic carbocycles. The Hall–Kier alpha value is -2.23. The summed E-state index contributed by atoms with van der Waals surface area (Å²) in [7, 11) is -0.312. The number of ether oxygens (including phenoxy) is 2. The molecule has 3 rings (SSSR count). The van der Waals surface area contributed by atoms with Crippen LogP contribution in [0.3, 0.4) is 0 Å². The predicted molar refractivity (Wildman–Crippen MR) is 107 cm³/mol. The molecule has 0 saturated carbocycles. The Morgan fingerprint density at radius 3 is 2.29 bits per heavy atom. The summed E-state index contributed by atoms with van der Waals surface area (Å²) in [6.07, 6.45) is 0. The van der Waals surface area contributed by atoms with E-state index in [1.165, 1.54) is 23.9 Å². The molecule has 0 aliphatic rings. The number of nitrogens with zero attached hydrogens (tertiary/aromatic N) is 2. The van der Waals surface area contributed by atoms with Crippen molar-refractivity contribution in [2.45, 2.75) is 10.1 Å². The first-order valence-electron chi connectivity index (χ1n) is 8.09. The molecule has 3 aromatic rings. The van der Waals surface area contributed by atoms with Gasteiger partial charge in [-0.1, -0.05) is 23.4 Å². The van der Waals surface area contributed by atoms with Crippen molar-refractivity contribution in [2.75, 3.05) is 25.7 Å². The van der Waals surface area contributed by atoms with Crippen LogP contribution in [0, 0.1) is 0 Å². The summed E-state index contributed by atoms with van der Waals surface area (Å²) in [6, 6.07) is 11.3. The minimum atomic E-state index is -3.41. The van der Waals surface area contributed by atoms with E-state index in [4.69, 9.17) is 25.5 Å². The maximum absolute atomic E-state index is 12.4. The molecule has 0 amide bonds. The van der Waals surface area contributed by atoms with Crippen LogP contribution in [-0.2, 0) is 9.84 Å². The van der Waals surface area contributed by atoms with E-state index in [0.717, 1.165) is 0 Å². The molecule has 0 spiro atoms. The second-order valence-electron chi connectivity index (χ2n) is 5.60. The minimum absolute atomic E-state index is 0.0655. The van der Waals surface area contributed by atoms with Crippen molar-refractivity contribution < 1.29 is 22.3 Å². The molecule has 28 heavy (non-hydrogen) atoms. The highest BCUT2D eigenvalue weighted by Crippen LogP contribution is 2.30. The Bertz CT molecular complexity index is 1030. The molecule has 0 fully saturated rings. The number of hydrogen-bond acceptors (Lipinski definition) is 8. The molecule has 0 saturated heterocycles. The summed E-state index contributed by atoms with van der Waals surface area (Å²) >= 11 is 6.97. The second-order valence-corrected chi connectivity index (χ2v) is 9.19. The highest BCUT2D eigenvalue weighted by Gasteiger charge is 2.16. The average Bonchev–Trinajstić information content (AvgIpc) is 3.16. The standard InChI is InChI=1S/C18H17ClN2O5S2/c1-24-14-9-12(10-15(11-14)25-2)17-20-21-18(26-17)27-7-8-28(22,23)16-5-3-13(19)4-6-16/h3-6,9-11H,7-8H2,1-2H3. The van der Waals surface area contributed by atoms with E-state index < -0.39 is 9.84 Å². The van der Waals surface area contributed by atoms with Gasteiger partial charge < -0.3 is 13.9 Å². The van der Waals surface area contributed by atoms with Crippen LogP contribution in [-0.4, -0.2) is 44.3 Å². The van der Waals surface area contributed by atoms with Crippen LogP contribution in [0.1, 0.15) is 0 Å². The van der Waals surface area contributed by atoms with Gasteiger partial charge in [-0.05, 0) is 36.4 Å². The zero-order valence-corrected chi connectivity index (χ0v) is 17.5. The van der Waals surface area contributed by atoms with E-state index in [9.17, 15) is 8.42 Å². The number of hydrogen-bond donors (Lipinski definition) is 0. The summed E-state index contributed by atoms with van der Waals surface area (Å²) < 4.78 is 40.8. The maximum atomic E-state index is 12.4. The molecule has 0 radical (unpaired) electrons. The van der Waals surface area contributed by atoms with Gasteiger partial charge in [0.2, 0.25) is 5.89 Å². The Morgan fingerprint density at radius 2 is 1.68 bits per heavy atom. The third-order valence-corrected chi connectivity index (χ3v) is 6.82. The first-order chi connectivity index (χ1) is 13.4. The normalized spacial score (nSPS) is 11.4. The summed E-state index contributed by atoms with van der Waals surface area (Å²) in [5.74, 6) is 1.68. The van der Waals surface area contributed by atoms with Crippen LogP contribution in [0.15, 0.2) is 57.0 Å². The molecule has 2 aromatic carbocycles. The fourth-order valence-corrected chi connectivity index (χ4v) is 4.85. The highest BCUT2D eigenvalue weighted by atomic mass is 35.5. The molecular formula is C18H17ClN2O5S2. The highest BCUT2D eigenvalue weighted by molar-refractivity contribution is 8.00. The number of methoxy groups -OCH3 is 2. The van der Waals surface area contributed by atoms with Crippen LogP contribution in [0.5, 0.6) is 11.5 Å². The number of sulfone groups is 1. The lowest BCUT2D eigenvalue weighted by atomic mass is 10.2. The first-order valence-corrected chi connectivity index (χ1v) is 11.1. The van der Waals surface area contributed by atoms with Crippen LogP contribution in [0.2, 0.25) is 5.02 Å². The maximum Gasteiger partial charge on any atom is 0.276 e. The van der Waals surface area contributed by atoms with Gasteiger partial charge in [-0.3, -0.25) is 0 Å². The lowest BCUT2D eigenvalue weighted by Crippen LogP contribution is -2.08. The van der Waals surface area contributed by atoms with Crippen molar-refractivity contribution in [3.63, 3.8) is 0 Å². The molecule has 148 valence electrons. The predicted octanol–water partition coefficient (Wildman–Crippen LogP) is 3.97. The van der Waals surface area contributed by atoms with Gasteiger partial charge >= 0.3 is 0 Å². The van der Waals surface area contributed by atoms with Crippen LogP contribution >= 0.6 is 23.4 Å². The number of benzene rings is 2. The monoisotopic (exact) mass is 440 g/mol. The lowest BCUT2D eigenvalue weighted by Gasteiger charge is -2.05. The van der Waals surface area contributed by atoms with Gasteiger partial charge in [-0.15, -0.1) is 10.2 Å². The van der Waals surface area contributed by atoms with E-state index in [0.29, 0.717) is 28.0 Å². The number of thioether (sulfide) groups is 1. The van der Waals surface area contributed by atoms with Gasteiger partial charge in [0.05, 0.1) is 24.9 Å². The molecule has 7 nitrogen and oxygen atoms in total. The van der Waals surface area contributed by atoms with Gasteiger partial charge in [-0.25, -0.2) is 8.42 Å². The zero-order valence-electron chi connectivity index (χ0n) is 15.1. The fraction of sp³-hybridized carbons (Fsp3) is 0.222. The smallest absolute Gasteiger partial charge is 0.276 e. The number of halogens is 1. The molecular weight excluding hydrogens is 424 g/mol. The van der Waals surface area contributed by atoms with Crippen molar-refractivity contribution in [1.82, 2.24) is 10.2 Å². The van der Waals surface area contributed by atoms with E-state index in [1.807, 2.05) is 0 Å². The third kappa shape index (κ3) is 4.98. The van der Waals surface area contributed by atoms with Crippen LogP contribution < -0.4 is 9.47 Å². The van der Waals surface area contributed by atoms with E-state index in [1.54, 1.807) is 44.6 Å². The van der Waals surface area contributed by atoms with E-state index in [2.05, 4.69) is 10.2 Å². The summed E-state index contributed by atoms with van der Waals surface area (Å²) in [4.78, 5) is 0.229. The van der Waals surface area contributed by atoms with Crippen molar-refractivity contribution in [2.24, 2.45) is 0 Å². The largest absolute Gasteiger partial charge is 0.497 e. The Morgan fingerprint density at radius 1 is 1.04 bits per heavy atom. The van der Waals surface area contributed by atoms with Gasteiger partial charge in [0.1, 0.15) is 11.5 Å². The Labute approximate surface area is 171 Å². The lowest BCUT2D eigenvalue weighted by molar-refractivity contribution is 0.394. The average molecular weight is 441 g/mol. The summed E-state index contributed by atoms with van der Waals surface area (Å²) in [5.41, 5.74) is 0.643. The Balaban J connectivity index is 1.66. The van der Waals surface area contributed by atoms with Crippen LogP contribution in [0.4, 0.5) is 0 Å². The number of aromatic nitrogens is 2. The molecule has 0 atom stereocenters. The zero-order chi connectivity index (χ0) is 20.1. The third-order valence-electron chi connectivity index (χ3n) is 3.76. The van der Waals surface area contributed by atoms with Gasteiger partial charge in [0, 0.05) is 22.4 Å². The molecule has 1 aromatic heterocycles. The Kier molecular flexibility index (Phi) is 6.48. The molecule has 0 bridgehead atoms. The van der Waals surface area contributed by atoms with Crippen molar-refractivity contribution in [3.8, 4) is 23.0 Å². The molecule has 0 aliphatic heterocycles. The van der Waals surface area contributed by atoms with Crippen molar-refractivity contribution >= 4 is 33.2 Å². The van der Waals surface area contributed by atoms with Gasteiger partial charge in [0.15, 0.2) is 9.84 Å². The molecule has 0 N–H and O–H groups in total. The second kappa shape index (κ2) is 8.85. The summed E-state index contributed by atoms with van der Waals surface area (Å²) in [6.45, 7) is 0. The fourth-order valence-electron chi connectivity index (χ4n) is 2.31. The minimum Gasteiger partial charge on any atom is -0.497 e. The van der Waals surface area contributed by atoms with Crippen molar-refractivity contribution in [1.29, 1.82) is 0 Å². The number of rotatable bonds is 8. The van der Waals surface area contributed by atoms with Gasteiger partial charge in [0.25, 0.3) is 5.22 Å². The van der Waals surface area contributed by atoms with Crippen LogP contribution in [0.25, 0.3) is 11.5 Å².